The molecule has 0 bridgehead atoms. The number of thioether (sulfide) groups is 1. The Kier molecular flexibility index (Phi) is 6.25. The SMILES string of the molecule is CSCc1ccc(-c2ccc3c(c2)OC2(CC3)CCN(C(=O)OC(C)(C)C)CC2)cc1. The van der Waals surface area contributed by atoms with Crippen LogP contribution in [-0.2, 0) is 16.9 Å². The molecule has 166 valence electrons. The van der Waals surface area contributed by atoms with Crippen molar-refractivity contribution in [2.75, 3.05) is 19.3 Å². The first kappa shape index (κ1) is 22.1. The van der Waals surface area contributed by atoms with Crippen molar-refractivity contribution in [1.82, 2.24) is 4.90 Å². The molecule has 1 fully saturated rings. The zero-order valence-electron chi connectivity index (χ0n) is 19.1. The summed E-state index contributed by atoms with van der Waals surface area (Å²) < 4.78 is 12.2. The maximum atomic E-state index is 12.4. The standard InChI is InChI=1S/C26H33NO3S/c1-25(2,3)30-24(28)27-15-13-26(14-16-27)12-11-21-9-10-22(17-23(21)29-26)20-7-5-19(6-8-20)18-31-4/h5-10,17H,11-16,18H2,1-4H3. The first-order valence-corrected chi connectivity index (χ1v) is 12.5. The maximum absolute atomic E-state index is 12.4. The van der Waals surface area contributed by atoms with Gasteiger partial charge in [0.1, 0.15) is 17.0 Å². The monoisotopic (exact) mass is 439 g/mol. The lowest BCUT2D eigenvalue weighted by molar-refractivity contribution is -0.0272. The third kappa shape index (κ3) is 5.20. The molecule has 0 N–H and O–H groups in total. The molecule has 0 saturated carbocycles. The number of nitrogens with zero attached hydrogens (tertiary/aromatic N) is 1. The second-order valence-electron chi connectivity index (χ2n) is 9.70. The second-order valence-corrected chi connectivity index (χ2v) is 10.6. The van der Waals surface area contributed by atoms with Gasteiger partial charge in [-0.1, -0.05) is 36.4 Å². The fraction of sp³-hybridized carbons (Fsp3) is 0.500. The molecule has 0 aromatic heterocycles. The molecule has 0 radical (unpaired) electrons. The van der Waals surface area contributed by atoms with E-state index in [-0.39, 0.29) is 11.7 Å². The van der Waals surface area contributed by atoms with Crippen LogP contribution in [-0.4, -0.2) is 41.5 Å². The fourth-order valence-electron chi connectivity index (χ4n) is 4.42. The summed E-state index contributed by atoms with van der Waals surface area (Å²) in [7, 11) is 0. The van der Waals surface area contributed by atoms with E-state index in [2.05, 4.69) is 48.7 Å². The van der Waals surface area contributed by atoms with Crippen molar-refractivity contribution in [2.45, 2.75) is 63.4 Å². The third-order valence-electron chi connectivity index (χ3n) is 6.17. The van der Waals surface area contributed by atoms with E-state index >= 15 is 0 Å². The number of carbonyl (C=O) groups excluding carboxylic acids is 1. The van der Waals surface area contributed by atoms with Gasteiger partial charge >= 0.3 is 6.09 Å². The van der Waals surface area contributed by atoms with Crippen LogP contribution < -0.4 is 4.74 Å². The van der Waals surface area contributed by atoms with Gasteiger partial charge in [-0.3, -0.25) is 0 Å². The van der Waals surface area contributed by atoms with Crippen molar-refractivity contribution in [3.05, 3.63) is 53.6 Å². The lowest BCUT2D eigenvalue weighted by Crippen LogP contribution is -2.52. The van der Waals surface area contributed by atoms with Crippen molar-refractivity contribution in [1.29, 1.82) is 0 Å². The highest BCUT2D eigenvalue weighted by molar-refractivity contribution is 7.97. The van der Waals surface area contributed by atoms with Gasteiger partial charge in [0.05, 0.1) is 0 Å². The molecule has 2 aliphatic heterocycles. The third-order valence-corrected chi connectivity index (χ3v) is 6.79. The predicted octanol–water partition coefficient (Wildman–Crippen LogP) is 6.31. The molecule has 0 unspecified atom stereocenters. The topological polar surface area (TPSA) is 38.8 Å². The average molecular weight is 440 g/mol. The zero-order chi connectivity index (χ0) is 22.1. The molecule has 4 nitrogen and oxygen atoms in total. The highest BCUT2D eigenvalue weighted by atomic mass is 32.2. The van der Waals surface area contributed by atoms with Gasteiger partial charge in [-0.2, -0.15) is 11.8 Å². The molecule has 5 heteroatoms. The highest BCUT2D eigenvalue weighted by Crippen LogP contribution is 2.41. The number of amides is 1. The normalized spacial score (nSPS) is 17.7. The molecule has 2 aromatic rings. The summed E-state index contributed by atoms with van der Waals surface area (Å²) >= 11 is 1.84. The Hall–Kier alpha value is -2.14. The summed E-state index contributed by atoms with van der Waals surface area (Å²) in [5.74, 6) is 2.04. The number of ether oxygens (including phenoxy) is 2. The summed E-state index contributed by atoms with van der Waals surface area (Å²) in [4.78, 5) is 14.2. The van der Waals surface area contributed by atoms with Gasteiger partial charge in [0.2, 0.25) is 0 Å². The Morgan fingerprint density at radius 3 is 2.39 bits per heavy atom. The van der Waals surface area contributed by atoms with Crippen LogP contribution in [0, 0.1) is 0 Å². The van der Waals surface area contributed by atoms with E-state index in [1.54, 1.807) is 0 Å². The van der Waals surface area contributed by atoms with Gasteiger partial charge in [-0.05, 0) is 68.2 Å². The van der Waals surface area contributed by atoms with Crippen LogP contribution in [0.1, 0.15) is 51.2 Å². The molecule has 0 aliphatic carbocycles. The quantitative estimate of drug-likeness (QED) is 0.562. The van der Waals surface area contributed by atoms with E-state index < -0.39 is 5.60 Å². The lowest BCUT2D eigenvalue weighted by Gasteiger charge is -2.44. The first-order valence-electron chi connectivity index (χ1n) is 11.2. The summed E-state index contributed by atoms with van der Waals surface area (Å²) in [6.45, 7) is 7.09. The largest absolute Gasteiger partial charge is 0.487 e. The molecular formula is C26H33NO3S. The molecule has 1 spiro atoms. The molecular weight excluding hydrogens is 406 g/mol. The molecule has 2 heterocycles. The van der Waals surface area contributed by atoms with Gasteiger partial charge in [0.25, 0.3) is 0 Å². The number of benzene rings is 2. The number of carbonyl (C=O) groups is 1. The minimum absolute atomic E-state index is 0.174. The molecule has 2 aromatic carbocycles. The van der Waals surface area contributed by atoms with Crippen molar-refractivity contribution in [2.24, 2.45) is 0 Å². The smallest absolute Gasteiger partial charge is 0.410 e. The molecule has 1 amide bonds. The summed E-state index contributed by atoms with van der Waals surface area (Å²) in [6.07, 6.45) is 5.63. The van der Waals surface area contributed by atoms with E-state index in [4.69, 9.17) is 9.47 Å². The van der Waals surface area contributed by atoms with Gasteiger partial charge in [0, 0.05) is 31.7 Å². The second kappa shape index (κ2) is 8.78. The molecule has 1 saturated heterocycles. The maximum Gasteiger partial charge on any atom is 0.410 e. The number of likely N-dealkylation sites (tertiary alicyclic amines) is 1. The van der Waals surface area contributed by atoms with Crippen LogP contribution in [0.25, 0.3) is 11.1 Å². The van der Waals surface area contributed by atoms with Crippen LogP contribution in [0.3, 0.4) is 0 Å². The number of hydrogen-bond acceptors (Lipinski definition) is 4. The summed E-state index contributed by atoms with van der Waals surface area (Å²) in [5, 5.41) is 0. The number of fused-ring (bicyclic) bond motifs is 1. The van der Waals surface area contributed by atoms with E-state index in [0.29, 0.717) is 13.1 Å². The average Bonchev–Trinajstić information content (AvgIpc) is 2.73. The van der Waals surface area contributed by atoms with Crippen LogP contribution in [0.4, 0.5) is 4.79 Å². The Labute approximate surface area is 190 Å². The summed E-state index contributed by atoms with van der Waals surface area (Å²) in [5.41, 5.74) is 4.40. The highest BCUT2D eigenvalue weighted by Gasteiger charge is 2.41. The zero-order valence-corrected chi connectivity index (χ0v) is 19.9. The molecule has 0 atom stereocenters. The number of hydrogen-bond donors (Lipinski definition) is 0. The van der Waals surface area contributed by atoms with Gasteiger partial charge in [-0.25, -0.2) is 4.79 Å². The van der Waals surface area contributed by atoms with Crippen molar-refractivity contribution >= 4 is 17.9 Å². The predicted molar refractivity (Wildman–Crippen MR) is 128 cm³/mol. The van der Waals surface area contributed by atoms with Crippen LogP contribution in [0.5, 0.6) is 5.75 Å². The number of rotatable bonds is 3. The molecule has 31 heavy (non-hydrogen) atoms. The molecule has 2 aliphatic rings. The van der Waals surface area contributed by atoms with Gasteiger partial charge in [-0.15, -0.1) is 0 Å². The lowest BCUT2D eigenvalue weighted by atomic mass is 9.83. The van der Waals surface area contributed by atoms with Crippen molar-refractivity contribution < 1.29 is 14.3 Å². The Morgan fingerprint density at radius 1 is 1.06 bits per heavy atom. The van der Waals surface area contributed by atoms with Crippen molar-refractivity contribution in [3.63, 3.8) is 0 Å². The first-order chi connectivity index (χ1) is 14.8. The van der Waals surface area contributed by atoms with Crippen LogP contribution in [0.2, 0.25) is 0 Å². The Balaban J connectivity index is 1.45. The van der Waals surface area contributed by atoms with Crippen molar-refractivity contribution in [3.8, 4) is 16.9 Å². The summed E-state index contributed by atoms with van der Waals surface area (Å²) in [6, 6.07) is 15.4. The van der Waals surface area contributed by atoms with Crippen LogP contribution in [0.15, 0.2) is 42.5 Å². The van der Waals surface area contributed by atoms with E-state index in [1.807, 2.05) is 37.4 Å². The van der Waals surface area contributed by atoms with E-state index in [1.165, 1.54) is 22.3 Å². The van der Waals surface area contributed by atoms with Gasteiger partial charge in [0.15, 0.2) is 0 Å². The fourth-order valence-corrected chi connectivity index (χ4v) is 4.94. The number of piperidine rings is 1. The Bertz CT molecular complexity index is 925. The van der Waals surface area contributed by atoms with Crippen LogP contribution >= 0.6 is 11.8 Å². The van der Waals surface area contributed by atoms with E-state index in [0.717, 1.165) is 37.2 Å². The molecule has 4 rings (SSSR count). The van der Waals surface area contributed by atoms with E-state index in [9.17, 15) is 4.79 Å². The number of aryl methyl sites for hydroxylation is 1. The van der Waals surface area contributed by atoms with Gasteiger partial charge < -0.3 is 14.4 Å². The minimum Gasteiger partial charge on any atom is -0.487 e. The Morgan fingerprint density at radius 2 is 1.74 bits per heavy atom. The minimum atomic E-state index is -0.462.